The Morgan fingerprint density at radius 2 is 1.94 bits per heavy atom. The van der Waals surface area contributed by atoms with Crippen LogP contribution in [-0.4, -0.2) is 23.2 Å². The average molecular weight is 253 g/mol. The molecular formula is C12H9F2NO3. The summed E-state index contributed by atoms with van der Waals surface area (Å²) in [6.07, 6.45) is 0. The molecule has 0 aliphatic rings. The fourth-order valence-electron chi connectivity index (χ4n) is 1.85. The molecule has 1 heterocycles. The molecule has 0 saturated carbocycles. The third kappa shape index (κ3) is 1.66. The largest absolute Gasteiger partial charge is 0.494 e. The number of benzene rings is 1. The van der Waals surface area contributed by atoms with Crippen LogP contribution in [0.3, 0.4) is 0 Å². The normalized spacial score (nSPS) is 10.7. The number of pyridine rings is 1. The van der Waals surface area contributed by atoms with Crippen molar-refractivity contribution in [1.82, 2.24) is 4.98 Å². The maximum absolute atomic E-state index is 13.7. The zero-order valence-corrected chi connectivity index (χ0v) is 9.62. The van der Waals surface area contributed by atoms with E-state index in [9.17, 15) is 13.6 Å². The number of carboxylic acid groups (broad SMARTS) is 1. The van der Waals surface area contributed by atoms with E-state index < -0.39 is 23.2 Å². The van der Waals surface area contributed by atoms with Crippen LogP contribution >= 0.6 is 0 Å². The van der Waals surface area contributed by atoms with Crippen molar-refractivity contribution in [1.29, 1.82) is 0 Å². The molecule has 6 heteroatoms. The molecule has 1 N–H and O–H groups in total. The fraction of sp³-hybridized carbons (Fsp3) is 0.167. The van der Waals surface area contributed by atoms with E-state index in [2.05, 4.69) is 4.98 Å². The van der Waals surface area contributed by atoms with Gasteiger partial charge in [-0.2, -0.15) is 0 Å². The van der Waals surface area contributed by atoms with Gasteiger partial charge in [-0.3, -0.25) is 0 Å². The molecule has 0 aliphatic heterocycles. The highest BCUT2D eigenvalue weighted by molar-refractivity contribution is 6.05. The van der Waals surface area contributed by atoms with E-state index in [1.807, 2.05) is 0 Å². The van der Waals surface area contributed by atoms with Gasteiger partial charge in [0.15, 0.2) is 5.75 Å². The standard InChI is InChI=1S/C12H9F2NO3/c1-5-11(18-2)9(12(16)17)8-6(13)3-4-7(14)10(8)15-5/h3-4H,1-2H3,(H,16,17). The van der Waals surface area contributed by atoms with Crippen molar-refractivity contribution in [3.63, 3.8) is 0 Å². The molecule has 94 valence electrons. The van der Waals surface area contributed by atoms with Crippen molar-refractivity contribution in [2.75, 3.05) is 7.11 Å². The Morgan fingerprint density at radius 1 is 1.33 bits per heavy atom. The molecule has 4 nitrogen and oxygen atoms in total. The van der Waals surface area contributed by atoms with Crippen molar-refractivity contribution in [2.45, 2.75) is 6.92 Å². The maximum Gasteiger partial charge on any atom is 0.340 e. The Kier molecular flexibility index (Phi) is 2.86. The average Bonchev–Trinajstić information content (AvgIpc) is 2.32. The molecule has 2 aromatic rings. The topological polar surface area (TPSA) is 59.4 Å². The van der Waals surface area contributed by atoms with Crippen LogP contribution in [0, 0.1) is 18.6 Å². The molecule has 0 bridgehead atoms. The molecule has 18 heavy (non-hydrogen) atoms. The maximum atomic E-state index is 13.7. The molecule has 0 spiro atoms. The summed E-state index contributed by atoms with van der Waals surface area (Å²) in [4.78, 5) is 15.1. The number of nitrogens with zero attached hydrogens (tertiary/aromatic N) is 1. The predicted octanol–water partition coefficient (Wildman–Crippen LogP) is 2.53. The zero-order valence-electron chi connectivity index (χ0n) is 9.62. The molecule has 0 radical (unpaired) electrons. The van der Waals surface area contributed by atoms with Crippen molar-refractivity contribution in [2.24, 2.45) is 0 Å². The number of fused-ring (bicyclic) bond motifs is 1. The fourth-order valence-corrected chi connectivity index (χ4v) is 1.85. The van der Waals surface area contributed by atoms with Crippen molar-refractivity contribution >= 4 is 16.9 Å². The molecule has 0 saturated heterocycles. The van der Waals surface area contributed by atoms with Crippen LogP contribution < -0.4 is 4.74 Å². The number of aromatic carboxylic acids is 1. The Morgan fingerprint density at radius 3 is 2.50 bits per heavy atom. The smallest absolute Gasteiger partial charge is 0.340 e. The lowest BCUT2D eigenvalue weighted by molar-refractivity contribution is 0.0695. The first-order valence-corrected chi connectivity index (χ1v) is 5.03. The third-order valence-electron chi connectivity index (χ3n) is 2.58. The van der Waals surface area contributed by atoms with Gasteiger partial charge in [-0.1, -0.05) is 0 Å². The van der Waals surface area contributed by atoms with E-state index in [4.69, 9.17) is 9.84 Å². The molecule has 1 aromatic carbocycles. The van der Waals surface area contributed by atoms with Crippen LogP contribution in [-0.2, 0) is 0 Å². The predicted molar refractivity (Wildman–Crippen MR) is 59.9 cm³/mol. The second kappa shape index (κ2) is 4.21. The summed E-state index contributed by atoms with van der Waals surface area (Å²) in [5.74, 6) is -3.10. The minimum absolute atomic E-state index is 0.0699. The Bertz CT molecular complexity index is 656. The summed E-state index contributed by atoms with van der Waals surface area (Å²) >= 11 is 0. The van der Waals surface area contributed by atoms with Gasteiger partial charge in [0, 0.05) is 0 Å². The van der Waals surface area contributed by atoms with Gasteiger partial charge in [0.1, 0.15) is 22.7 Å². The second-order valence-electron chi connectivity index (χ2n) is 3.66. The highest BCUT2D eigenvalue weighted by atomic mass is 19.1. The number of hydrogen-bond donors (Lipinski definition) is 1. The summed E-state index contributed by atoms with van der Waals surface area (Å²) in [5.41, 5.74) is -0.547. The van der Waals surface area contributed by atoms with Crippen LogP contribution in [0.4, 0.5) is 8.78 Å². The van der Waals surface area contributed by atoms with E-state index in [-0.39, 0.29) is 22.3 Å². The summed E-state index contributed by atoms with van der Waals surface area (Å²) in [5, 5.41) is 8.75. The highest BCUT2D eigenvalue weighted by Crippen LogP contribution is 2.32. The first-order chi connectivity index (χ1) is 8.47. The number of hydrogen-bond acceptors (Lipinski definition) is 3. The molecule has 0 unspecified atom stereocenters. The molecule has 0 atom stereocenters. The second-order valence-corrected chi connectivity index (χ2v) is 3.66. The van der Waals surface area contributed by atoms with Crippen molar-refractivity contribution in [3.05, 3.63) is 35.0 Å². The van der Waals surface area contributed by atoms with Gasteiger partial charge in [0.2, 0.25) is 0 Å². The first kappa shape index (κ1) is 12.2. The third-order valence-corrected chi connectivity index (χ3v) is 2.58. The Labute approximate surface area is 101 Å². The lowest BCUT2D eigenvalue weighted by atomic mass is 10.1. The minimum Gasteiger partial charge on any atom is -0.494 e. The van der Waals surface area contributed by atoms with Gasteiger partial charge in [-0.25, -0.2) is 18.6 Å². The number of rotatable bonds is 2. The van der Waals surface area contributed by atoms with Gasteiger partial charge >= 0.3 is 5.97 Å². The molecule has 0 fully saturated rings. The SMILES string of the molecule is COc1c(C)nc2c(F)ccc(F)c2c1C(=O)O. The minimum atomic E-state index is -1.40. The summed E-state index contributed by atoms with van der Waals surface area (Å²) in [6, 6.07) is 1.77. The lowest BCUT2D eigenvalue weighted by Gasteiger charge is -2.11. The van der Waals surface area contributed by atoms with Gasteiger partial charge in [0.05, 0.1) is 18.2 Å². The van der Waals surface area contributed by atoms with E-state index in [1.54, 1.807) is 0 Å². The number of carboxylic acids is 1. The van der Waals surface area contributed by atoms with Gasteiger partial charge in [0.25, 0.3) is 0 Å². The van der Waals surface area contributed by atoms with Crippen LogP contribution in [0.1, 0.15) is 16.1 Å². The molecule has 0 amide bonds. The summed E-state index contributed by atoms with van der Waals surface area (Å²) < 4.78 is 32.2. The number of aryl methyl sites for hydroxylation is 1. The van der Waals surface area contributed by atoms with E-state index in [0.717, 1.165) is 12.1 Å². The van der Waals surface area contributed by atoms with Crippen LogP contribution in [0.25, 0.3) is 10.9 Å². The van der Waals surface area contributed by atoms with Crippen LogP contribution in [0.2, 0.25) is 0 Å². The number of methoxy groups -OCH3 is 1. The molecule has 0 aliphatic carbocycles. The van der Waals surface area contributed by atoms with Gasteiger partial charge < -0.3 is 9.84 Å². The number of halogens is 2. The van der Waals surface area contributed by atoms with Crippen LogP contribution in [0.15, 0.2) is 12.1 Å². The van der Waals surface area contributed by atoms with E-state index >= 15 is 0 Å². The highest BCUT2D eigenvalue weighted by Gasteiger charge is 2.23. The molecule has 1 aromatic heterocycles. The summed E-state index contributed by atoms with van der Waals surface area (Å²) in [6.45, 7) is 1.47. The first-order valence-electron chi connectivity index (χ1n) is 5.03. The number of carbonyl (C=O) groups is 1. The summed E-state index contributed by atoms with van der Waals surface area (Å²) in [7, 11) is 1.25. The molecule has 2 rings (SSSR count). The van der Waals surface area contributed by atoms with Crippen LogP contribution in [0.5, 0.6) is 5.75 Å². The van der Waals surface area contributed by atoms with Crippen molar-refractivity contribution in [3.8, 4) is 5.75 Å². The van der Waals surface area contributed by atoms with E-state index in [1.165, 1.54) is 14.0 Å². The van der Waals surface area contributed by atoms with Crippen molar-refractivity contribution < 1.29 is 23.4 Å². The van der Waals surface area contributed by atoms with Gasteiger partial charge in [-0.05, 0) is 19.1 Å². The zero-order chi connectivity index (χ0) is 13.4. The van der Waals surface area contributed by atoms with E-state index in [0.29, 0.717) is 0 Å². The monoisotopic (exact) mass is 253 g/mol. The number of aromatic nitrogens is 1. The lowest BCUT2D eigenvalue weighted by Crippen LogP contribution is -2.07. The number of ether oxygens (including phenoxy) is 1. The quantitative estimate of drug-likeness (QED) is 0.893. The molecular weight excluding hydrogens is 244 g/mol. The Balaban J connectivity index is 3.06. The Hall–Kier alpha value is -2.24. The van der Waals surface area contributed by atoms with Gasteiger partial charge in [-0.15, -0.1) is 0 Å².